The Morgan fingerprint density at radius 2 is 1.94 bits per heavy atom. The molecule has 8 nitrogen and oxygen atoms in total. The Bertz CT molecular complexity index is 1390. The number of hydrogen-bond donors (Lipinski definition) is 1. The maximum atomic E-state index is 13.3. The van der Waals surface area contributed by atoms with E-state index in [1.54, 1.807) is 29.2 Å². The molecule has 1 fully saturated rings. The Kier molecular flexibility index (Phi) is 5.97. The lowest BCUT2D eigenvalue weighted by Gasteiger charge is -2.31. The Hall–Kier alpha value is -3.79. The van der Waals surface area contributed by atoms with Gasteiger partial charge in [0.15, 0.2) is 5.76 Å². The van der Waals surface area contributed by atoms with Gasteiger partial charge >= 0.3 is 0 Å². The van der Waals surface area contributed by atoms with Crippen molar-refractivity contribution < 1.29 is 18.4 Å². The number of nitrogens with zero attached hydrogens (tertiary/aromatic N) is 3. The van der Waals surface area contributed by atoms with E-state index in [1.807, 2.05) is 5.38 Å². The number of carbonyl (C=O) groups is 2. The van der Waals surface area contributed by atoms with Crippen molar-refractivity contribution in [1.82, 2.24) is 19.8 Å². The maximum absolute atomic E-state index is 13.3. The first-order valence-corrected chi connectivity index (χ1v) is 11.7. The summed E-state index contributed by atoms with van der Waals surface area (Å²) >= 11 is 1.33. The number of amides is 2. The summed E-state index contributed by atoms with van der Waals surface area (Å²) in [5.74, 6) is -0.504. The van der Waals surface area contributed by atoms with Crippen LogP contribution in [-0.4, -0.2) is 45.4 Å². The highest BCUT2D eigenvalue weighted by Crippen LogP contribution is 2.30. The van der Waals surface area contributed by atoms with E-state index in [1.165, 1.54) is 40.6 Å². The smallest absolute Gasteiger partial charge is 0.289 e. The minimum absolute atomic E-state index is 0.0866. The summed E-state index contributed by atoms with van der Waals surface area (Å²) < 4.78 is 19.8. The van der Waals surface area contributed by atoms with Crippen molar-refractivity contribution in [3.8, 4) is 11.1 Å². The van der Waals surface area contributed by atoms with Gasteiger partial charge in [-0.15, -0.1) is 11.3 Å². The Morgan fingerprint density at radius 3 is 2.65 bits per heavy atom. The number of nitrogens with one attached hydrogen (secondary N) is 1. The largest absolute Gasteiger partial charge is 0.459 e. The minimum Gasteiger partial charge on any atom is -0.459 e. The number of halogens is 1. The van der Waals surface area contributed by atoms with Crippen molar-refractivity contribution in [3.05, 3.63) is 76.3 Å². The molecule has 0 bridgehead atoms. The van der Waals surface area contributed by atoms with Crippen LogP contribution in [0.2, 0.25) is 0 Å². The first kappa shape index (κ1) is 22.0. The Morgan fingerprint density at radius 1 is 1.18 bits per heavy atom. The molecule has 2 amide bonds. The standard InChI is InChI=1S/C24H21FN4O4S/c25-16-5-3-15(4-6-16)18-13-34-22-21(18)24(32)29(14-26-22)12-20(30)27-17-7-9-28(10-8-17)23(31)19-2-1-11-33-19/h1-6,11,13-14,17H,7-10,12H2,(H,27,30). The van der Waals surface area contributed by atoms with Crippen LogP contribution in [0.3, 0.4) is 0 Å². The van der Waals surface area contributed by atoms with Crippen molar-refractivity contribution in [2.45, 2.75) is 25.4 Å². The monoisotopic (exact) mass is 480 g/mol. The van der Waals surface area contributed by atoms with E-state index in [-0.39, 0.29) is 35.8 Å². The zero-order valence-corrected chi connectivity index (χ0v) is 18.9. The van der Waals surface area contributed by atoms with Crippen LogP contribution in [-0.2, 0) is 11.3 Å². The number of piperidine rings is 1. The third kappa shape index (κ3) is 4.36. The third-order valence-electron chi connectivity index (χ3n) is 5.91. The lowest BCUT2D eigenvalue weighted by atomic mass is 10.0. The molecule has 0 saturated carbocycles. The maximum Gasteiger partial charge on any atom is 0.289 e. The lowest BCUT2D eigenvalue weighted by Crippen LogP contribution is -2.47. The second-order valence-corrected chi connectivity index (χ2v) is 8.98. The molecule has 1 aromatic carbocycles. The fourth-order valence-electron chi connectivity index (χ4n) is 4.13. The highest BCUT2D eigenvalue weighted by atomic mass is 32.1. The summed E-state index contributed by atoms with van der Waals surface area (Å²) in [6.07, 6.45) is 4.07. The molecule has 34 heavy (non-hydrogen) atoms. The number of aromatic nitrogens is 2. The fourth-order valence-corrected chi connectivity index (χ4v) is 5.04. The van der Waals surface area contributed by atoms with Gasteiger partial charge in [0.25, 0.3) is 11.5 Å². The van der Waals surface area contributed by atoms with Crippen LogP contribution in [0.25, 0.3) is 21.3 Å². The molecular weight excluding hydrogens is 459 g/mol. The molecule has 0 unspecified atom stereocenters. The molecular formula is C24H21FN4O4S. The number of likely N-dealkylation sites (tertiary alicyclic amines) is 1. The molecule has 0 aliphatic carbocycles. The van der Waals surface area contributed by atoms with Crippen LogP contribution in [0.5, 0.6) is 0 Å². The van der Waals surface area contributed by atoms with Gasteiger partial charge in [-0.1, -0.05) is 12.1 Å². The fraction of sp³-hybridized carbons (Fsp3) is 0.250. The topological polar surface area (TPSA) is 97.4 Å². The van der Waals surface area contributed by atoms with E-state index < -0.39 is 0 Å². The molecule has 1 aliphatic heterocycles. The van der Waals surface area contributed by atoms with E-state index >= 15 is 0 Å². The van der Waals surface area contributed by atoms with Crippen LogP contribution in [0.1, 0.15) is 23.4 Å². The Labute approximate surface area is 197 Å². The predicted molar refractivity (Wildman–Crippen MR) is 125 cm³/mol. The highest BCUT2D eigenvalue weighted by molar-refractivity contribution is 7.17. The summed E-state index contributed by atoms with van der Waals surface area (Å²) in [4.78, 5) is 44.8. The third-order valence-corrected chi connectivity index (χ3v) is 6.80. The van der Waals surface area contributed by atoms with Crippen molar-refractivity contribution in [1.29, 1.82) is 0 Å². The van der Waals surface area contributed by atoms with E-state index in [4.69, 9.17) is 4.42 Å². The normalized spacial score (nSPS) is 14.4. The Balaban J connectivity index is 1.25. The molecule has 1 saturated heterocycles. The van der Waals surface area contributed by atoms with Gasteiger partial charge in [0.2, 0.25) is 5.91 Å². The molecule has 174 valence electrons. The summed E-state index contributed by atoms with van der Waals surface area (Å²) in [5, 5.41) is 5.18. The first-order valence-electron chi connectivity index (χ1n) is 10.8. The summed E-state index contributed by atoms with van der Waals surface area (Å²) in [7, 11) is 0. The van der Waals surface area contributed by atoms with Gasteiger partial charge in [0, 0.05) is 30.1 Å². The summed E-state index contributed by atoms with van der Waals surface area (Å²) in [5.41, 5.74) is 1.06. The number of carbonyl (C=O) groups excluding carboxylic acids is 2. The van der Waals surface area contributed by atoms with Crippen molar-refractivity contribution in [2.24, 2.45) is 0 Å². The summed E-state index contributed by atoms with van der Waals surface area (Å²) in [6, 6.07) is 9.13. The second kappa shape index (κ2) is 9.22. The first-order chi connectivity index (χ1) is 16.5. The average Bonchev–Trinajstić information content (AvgIpc) is 3.52. The molecule has 0 radical (unpaired) electrons. The van der Waals surface area contributed by atoms with E-state index in [9.17, 15) is 18.8 Å². The molecule has 0 spiro atoms. The van der Waals surface area contributed by atoms with Crippen LogP contribution >= 0.6 is 11.3 Å². The zero-order valence-electron chi connectivity index (χ0n) is 18.1. The molecule has 1 N–H and O–H groups in total. The molecule has 1 aliphatic rings. The number of furan rings is 1. The van der Waals surface area contributed by atoms with Crippen molar-refractivity contribution in [2.75, 3.05) is 13.1 Å². The molecule has 0 atom stereocenters. The van der Waals surface area contributed by atoms with Gasteiger partial charge in [-0.05, 0) is 42.7 Å². The summed E-state index contributed by atoms with van der Waals surface area (Å²) in [6.45, 7) is 0.855. The van der Waals surface area contributed by atoms with Gasteiger partial charge < -0.3 is 14.6 Å². The zero-order chi connectivity index (χ0) is 23.7. The predicted octanol–water partition coefficient (Wildman–Crippen LogP) is 3.28. The van der Waals surface area contributed by atoms with E-state index in [0.717, 1.165) is 0 Å². The van der Waals surface area contributed by atoms with Crippen molar-refractivity contribution >= 4 is 33.4 Å². The van der Waals surface area contributed by atoms with Crippen LogP contribution in [0.15, 0.2) is 63.6 Å². The SMILES string of the molecule is O=C(Cn1cnc2scc(-c3ccc(F)cc3)c2c1=O)NC1CCN(C(=O)c2ccco2)CC1. The highest BCUT2D eigenvalue weighted by Gasteiger charge is 2.26. The van der Waals surface area contributed by atoms with Crippen LogP contribution < -0.4 is 10.9 Å². The molecule has 5 rings (SSSR count). The van der Waals surface area contributed by atoms with E-state index in [0.29, 0.717) is 53.0 Å². The van der Waals surface area contributed by atoms with E-state index in [2.05, 4.69) is 10.3 Å². The average molecular weight is 481 g/mol. The van der Waals surface area contributed by atoms with Crippen LogP contribution in [0.4, 0.5) is 4.39 Å². The molecule has 3 aromatic heterocycles. The van der Waals surface area contributed by atoms with Gasteiger partial charge in [0.05, 0.1) is 18.0 Å². The lowest BCUT2D eigenvalue weighted by molar-refractivity contribution is -0.122. The molecule has 10 heteroatoms. The number of fused-ring (bicyclic) bond motifs is 1. The van der Waals surface area contributed by atoms with Gasteiger partial charge in [-0.3, -0.25) is 19.0 Å². The number of benzene rings is 1. The number of thiophene rings is 1. The number of rotatable bonds is 5. The second-order valence-electron chi connectivity index (χ2n) is 8.13. The minimum atomic E-state index is -0.355. The van der Waals surface area contributed by atoms with Gasteiger partial charge in [0.1, 0.15) is 17.2 Å². The van der Waals surface area contributed by atoms with Crippen molar-refractivity contribution in [3.63, 3.8) is 0 Å². The quantitative estimate of drug-likeness (QED) is 0.473. The van der Waals surface area contributed by atoms with Crippen LogP contribution in [0, 0.1) is 5.82 Å². The number of hydrogen-bond acceptors (Lipinski definition) is 6. The van der Waals surface area contributed by atoms with Gasteiger partial charge in [-0.25, -0.2) is 9.37 Å². The molecule has 4 aromatic rings. The molecule has 4 heterocycles. The van der Waals surface area contributed by atoms with Gasteiger partial charge in [-0.2, -0.15) is 0 Å².